The van der Waals surface area contributed by atoms with Gasteiger partial charge in [0.1, 0.15) is 17.2 Å². The fourth-order valence-corrected chi connectivity index (χ4v) is 7.92. The smallest absolute Gasteiger partial charge is 0.268 e. The SMILES string of the molecule is Cc1nc2scc(CC(=O)N3CC4(C)CC3CC(C)(C)C4)n2c(=O)c1-c1cc(C)n(-c2ccccc2F)n1. The summed E-state index contributed by atoms with van der Waals surface area (Å²) in [6, 6.07) is 8.43. The fourth-order valence-electron chi connectivity index (χ4n) is 7.00. The van der Waals surface area contributed by atoms with Crippen molar-refractivity contribution in [3.8, 4) is 16.9 Å². The third-order valence-corrected chi connectivity index (χ3v) is 8.99. The number of benzene rings is 1. The van der Waals surface area contributed by atoms with Gasteiger partial charge in [0, 0.05) is 29.4 Å². The van der Waals surface area contributed by atoms with Gasteiger partial charge in [0.15, 0.2) is 4.96 Å². The van der Waals surface area contributed by atoms with E-state index in [1.54, 1.807) is 35.6 Å². The van der Waals surface area contributed by atoms with Crippen LogP contribution in [0.1, 0.15) is 57.1 Å². The second-order valence-corrected chi connectivity index (χ2v) is 13.0. The van der Waals surface area contributed by atoms with Crippen LogP contribution in [0.5, 0.6) is 0 Å². The molecule has 2 fully saturated rings. The monoisotopic (exact) mass is 533 g/mol. The molecule has 1 aliphatic carbocycles. The topological polar surface area (TPSA) is 72.5 Å². The first-order chi connectivity index (χ1) is 17.9. The first-order valence-electron chi connectivity index (χ1n) is 13.1. The minimum absolute atomic E-state index is 0.0600. The Morgan fingerprint density at radius 2 is 1.95 bits per heavy atom. The van der Waals surface area contributed by atoms with Gasteiger partial charge >= 0.3 is 0 Å². The summed E-state index contributed by atoms with van der Waals surface area (Å²) in [5, 5.41) is 6.45. The average Bonchev–Trinajstić information content (AvgIpc) is 3.46. The van der Waals surface area contributed by atoms with Crippen molar-refractivity contribution >= 4 is 22.2 Å². The van der Waals surface area contributed by atoms with Gasteiger partial charge in [-0.25, -0.2) is 14.1 Å². The highest BCUT2D eigenvalue weighted by atomic mass is 32.1. The molecule has 3 aromatic heterocycles. The van der Waals surface area contributed by atoms with Crippen LogP contribution in [0.4, 0.5) is 4.39 Å². The van der Waals surface area contributed by atoms with Crippen molar-refractivity contribution < 1.29 is 9.18 Å². The Kier molecular flexibility index (Phi) is 5.65. The molecule has 1 amide bonds. The van der Waals surface area contributed by atoms with Gasteiger partial charge in [0.2, 0.25) is 5.91 Å². The lowest BCUT2D eigenvalue weighted by molar-refractivity contribution is -0.131. The highest BCUT2D eigenvalue weighted by molar-refractivity contribution is 7.15. The van der Waals surface area contributed by atoms with E-state index in [4.69, 9.17) is 0 Å². The number of carbonyl (C=O) groups excluding carboxylic acids is 1. The fraction of sp³-hybridized carbons (Fsp3) is 0.448. The number of para-hydroxylation sites is 1. The molecule has 6 rings (SSSR count). The van der Waals surface area contributed by atoms with E-state index in [1.807, 2.05) is 17.2 Å². The Labute approximate surface area is 224 Å². The predicted octanol–water partition coefficient (Wildman–Crippen LogP) is 5.33. The predicted molar refractivity (Wildman–Crippen MR) is 146 cm³/mol. The van der Waals surface area contributed by atoms with E-state index in [9.17, 15) is 14.0 Å². The van der Waals surface area contributed by atoms with Gasteiger partial charge in [-0.3, -0.25) is 14.0 Å². The van der Waals surface area contributed by atoms with Crippen LogP contribution in [0, 0.1) is 30.5 Å². The highest BCUT2D eigenvalue weighted by Crippen LogP contribution is 2.52. The molecule has 9 heteroatoms. The zero-order chi connectivity index (χ0) is 27.0. The lowest BCUT2D eigenvalue weighted by Crippen LogP contribution is -2.38. The number of hydrogen-bond acceptors (Lipinski definition) is 5. The van der Waals surface area contributed by atoms with Gasteiger partial charge < -0.3 is 4.90 Å². The summed E-state index contributed by atoms with van der Waals surface area (Å²) < 4.78 is 17.5. The summed E-state index contributed by atoms with van der Waals surface area (Å²) >= 11 is 1.36. The minimum atomic E-state index is -0.394. The Morgan fingerprint density at radius 3 is 2.71 bits per heavy atom. The molecule has 1 aliphatic heterocycles. The quantitative estimate of drug-likeness (QED) is 0.355. The maximum atomic E-state index is 14.5. The van der Waals surface area contributed by atoms with Gasteiger partial charge in [-0.15, -0.1) is 11.3 Å². The molecule has 2 atom stereocenters. The molecule has 2 aliphatic rings. The molecule has 1 saturated heterocycles. The third-order valence-electron chi connectivity index (χ3n) is 8.11. The highest BCUT2D eigenvalue weighted by Gasteiger charge is 2.50. The van der Waals surface area contributed by atoms with Crippen LogP contribution in [0.2, 0.25) is 0 Å². The van der Waals surface area contributed by atoms with Gasteiger partial charge in [-0.1, -0.05) is 32.9 Å². The van der Waals surface area contributed by atoms with E-state index in [0.29, 0.717) is 39.0 Å². The third kappa shape index (κ3) is 4.08. The van der Waals surface area contributed by atoms with Crippen LogP contribution in [0.15, 0.2) is 40.5 Å². The number of halogens is 1. The number of carbonyl (C=O) groups is 1. The Hall–Kier alpha value is -3.33. The second-order valence-electron chi connectivity index (χ2n) is 12.2. The molecule has 2 unspecified atom stereocenters. The molecule has 1 aromatic carbocycles. The molecular formula is C29H32FN5O2S. The summed E-state index contributed by atoms with van der Waals surface area (Å²) in [5.41, 5.74) is 3.12. The first kappa shape index (κ1) is 25.0. The molecular weight excluding hydrogens is 501 g/mol. The number of hydrogen-bond donors (Lipinski definition) is 0. The van der Waals surface area contributed by atoms with E-state index >= 15 is 0 Å². The molecule has 38 heavy (non-hydrogen) atoms. The number of fused-ring (bicyclic) bond motifs is 3. The number of aromatic nitrogens is 4. The molecule has 4 aromatic rings. The van der Waals surface area contributed by atoms with Crippen LogP contribution in [-0.4, -0.2) is 42.6 Å². The maximum Gasteiger partial charge on any atom is 0.268 e. The molecule has 0 N–H and O–H groups in total. The van der Waals surface area contributed by atoms with Crippen LogP contribution >= 0.6 is 11.3 Å². The van der Waals surface area contributed by atoms with Gasteiger partial charge in [0.05, 0.1) is 17.7 Å². The van der Waals surface area contributed by atoms with Crippen LogP contribution < -0.4 is 5.56 Å². The Morgan fingerprint density at radius 1 is 1.18 bits per heavy atom. The van der Waals surface area contributed by atoms with E-state index in [2.05, 4.69) is 30.9 Å². The van der Waals surface area contributed by atoms with Crippen LogP contribution in [0.3, 0.4) is 0 Å². The largest absolute Gasteiger partial charge is 0.339 e. The number of nitrogens with zero attached hydrogens (tertiary/aromatic N) is 5. The van der Waals surface area contributed by atoms with E-state index in [0.717, 1.165) is 25.8 Å². The number of rotatable bonds is 4. The maximum absolute atomic E-state index is 14.5. The van der Waals surface area contributed by atoms with E-state index in [-0.39, 0.29) is 34.8 Å². The molecule has 0 spiro atoms. The molecule has 4 heterocycles. The van der Waals surface area contributed by atoms with Gasteiger partial charge in [0.25, 0.3) is 5.56 Å². The summed E-state index contributed by atoms with van der Waals surface area (Å²) in [6.07, 6.45) is 3.32. The molecule has 2 bridgehead atoms. The van der Waals surface area contributed by atoms with Gasteiger partial charge in [-0.2, -0.15) is 5.10 Å². The van der Waals surface area contributed by atoms with Crippen molar-refractivity contribution in [3.05, 3.63) is 69.0 Å². The van der Waals surface area contributed by atoms with Crippen molar-refractivity contribution in [3.63, 3.8) is 0 Å². The number of likely N-dealkylation sites (tertiary alicyclic amines) is 1. The molecule has 1 saturated carbocycles. The van der Waals surface area contributed by atoms with Gasteiger partial charge in [-0.05, 0) is 62.1 Å². The summed E-state index contributed by atoms with van der Waals surface area (Å²) in [5.74, 6) is -0.334. The van der Waals surface area contributed by atoms with Crippen molar-refractivity contribution in [1.29, 1.82) is 0 Å². The minimum Gasteiger partial charge on any atom is -0.339 e. The molecule has 7 nitrogen and oxygen atoms in total. The summed E-state index contributed by atoms with van der Waals surface area (Å²) in [7, 11) is 0. The van der Waals surface area contributed by atoms with Crippen molar-refractivity contribution in [2.24, 2.45) is 10.8 Å². The zero-order valence-corrected chi connectivity index (χ0v) is 23.2. The lowest BCUT2D eigenvalue weighted by atomic mass is 9.65. The Bertz CT molecular complexity index is 1650. The van der Waals surface area contributed by atoms with E-state index < -0.39 is 5.82 Å². The average molecular weight is 534 g/mol. The normalized spacial score (nSPS) is 22.4. The van der Waals surface area contributed by atoms with Crippen molar-refractivity contribution in [1.82, 2.24) is 24.1 Å². The van der Waals surface area contributed by atoms with Crippen LogP contribution in [-0.2, 0) is 11.2 Å². The number of amides is 1. The first-order valence-corrected chi connectivity index (χ1v) is 13.9. The van der Waals surface area contributed by atoms with Crippen molar-refractivity contribution in [2.75, 3.05) is 6.54 Å². The summed E-state index contributed by atoms with van der Waals surface area (Å²) in [4.78, 5) is 34.7. The molecule has 198 valence electrons. The second kappa shape index (κ2) is 8.59. The standard InChI is InChI=1S/C29H32FN5O2S/c1-17-10-22(32-35(17)23-9-7-6-8-21(23)30)25-18(2)31-27-34(26(25)37)19(14-38-27)11-24(36)33-16-29(5)13-20(33)12-28(3,4)15-29/h6-10,14,20H,11-13,15-16H2,1-5H3. The van der Waals surface area contributed by atoms with E-state index in [1.165, 1.54) is 22.1 Å². The molecule has 0 radical (unpaired) electrons. The number of thiazole rings is 1. The zero-order valence-electron chi connectivity index (χ0n) is 22.4. The Balaban J connectivity index is 1.36. The van der Waals surface area contributed by atoms with Crippen LogP contribution in [0.25, 0.3) is 21.9 Å². The number of aryl methyl sites for hydroxylation is 2. The van der Waals surface area contributed by atoms with Crippen molar-refractivity contribution in [2.45, 2.75) is 66.3 Å². The summed E-state index contributed by atoms with van der Waals surface area (Å²) in [6.45, 7) is 11.3. The lowest BCUT2D eigenvalue weighted by Gasteiger charge is -2.39.